The second kappa shape index (κ2) is 13.4. The highest BCUT2D eigenvalue weighted by atomic mass is 14.7. The smallest absolute Gasteiger partial charge is 0.0508 e. The number of nitrogens with two attached hydrogens (primary N) is 1. The molecule has 0 rings (SSSR count). The van der Waals surface area contributed by atoms with Crippen LogP contribution < -0.4 is 5.73 Å². The van der Waals surface area contributed by atoms with Crippen LogP contribution in [0.5, 0.6) is 0 Å². The minimum atomic E-state index is 0.666. The van der Waals surface area contributed by atoms with Crippen LogP contribution in [0.4, 0.5) is 0 Å². The molecule has 0 amide bonds. The molecule has 88 valence electrons. The van der Waals surface area contributed by atoms with E-state index in [1.54, 1.807) is 0 Å². The maximum Gasteiger partial charge on any atom is 0.0508 e. The monoisotopic (exact) mass is 210 g/mol. The first-order valence-corrected chi connectivity index (χ1v) is 6.21. The highest BCUT2D eigenvalue weighted by Crippen LogP contribution is 2.07. The van der Waals surface area contributed by atoms with Gasteiger partial charge in [-0.15, -0.1) is 6.58 Å². The van der Waals surface area contributed by atoms with Crippen LogP contribution >= 0.6 is 0 Å². The molecule has 0 saturated carbocycles. The fourth-order valence-electron chi connectivity index (χ4n) is 1.49. The summed E-state index contributed by atoms with van der Waals surface area (Å²) < 4.78 is 0. The third-order valence-electron chi connectivity index (χ3n) is 2.38. The zero-order chi connectivity index (χ0) is 11.2. The predicted octanol–water partition coefficient (Wildman–Crippen LogP) is 3.32. The molecule has 0 spiro atoms. The Labute approximate surface area is 94.7 Å². The van der Waals surface area contributed by atoms with Crippen LogP contribution in [0, 0.1) is 0 Å². The molecule has 0 aromatic heterocycles. The maximum atomic E-state index is 5.33. The van der Waals surface area contributed by atoms with Gasteiger partial charge in [-0.2, -0.15) is 0 Å². The van der Waals surface area contributed by atoms with Crippen molar-refractivity contribution in [1.82, 2.24) is 0 Å². The summed E-state index contributed by atoms with van der Waals surface area (Å²) in [4.78, 5) is 4.19. The van der Waals surface area contributed by atoms with Gasteiger partial charge in [0.05, 0.1) is 6.54 Å². The fraction of sp³-hybridized carbons (Fsp3) is 0.769. The van der Waals surface area contributed by atoms with E-state index in [1.165, 1.54) is 44.9 Å². The molecule has 0 aromatic rings. The zero-order valence-electron chi connectivity index (χ0n) is 9.96. The van der Waals surface area contributed by atoms with E-state index in [1.807, 2.05) is 12.3 Å². The van der Waals surface area contributed by atoms with Gasteiger partial charge in [0.25, 0.3) is 0 Å². The van der Waals surface area contributed by atoms with E-state index < -0.39 is 0 Å². The molecule has 0 aliphatic heterocycles. The van der Waals surface area contributed by atoms with Crippen molar-refractivity contribution in [3.05, 3.63) is 12.7 Å². The van der Waals surface area contributed by atoms with Crippen LogP contribution in [-0.2, 0) is 0 Å². The third kappa shape index (κ3) is 13.4. The molecule has 0 aliphatic rings. The standard InChI is InChI=1S/C13H26N2/c1-2-3-4-5-6-7-8-9-10-12-15-13-11-14/h2,12H,1,3-11,13-14H2. The van der Waals surface area contributed by atoms with Crippen molar-refractivity contribution in [3.8, 4) is 0 Å². The van der Waals surface area contributed by atoms with Crippen molar-refractivity contribution < 1.29 is 0 Å². The lowest BCUT2D eigenvalue weighted by Crippen LogP contribution is -2.02. The van der Waals surface area contributed by atoms with Gasteiger partial charge in [-0.05, 0) is 31.9 Å². The molecule has 0 fully saturated rings. The molecule has 0 bridgehead atoms. The van der Waals surface area contributed by atoms with Crippen molar-refractivity contribution in [1.29, 1.82) is 0 Å². The first-order valence-electron chi connectivity index (χ1n) is 6.21. The molecule has 0 aliphatic carbocycles. The van der Waals surface area contributed by atoms with Gasteiger partial charge >= 0.3 is 0 Å². The lowest BCUT2D eigenvalue weighted by Gasteiger charge is -1.98. The van der Waals surface area contributed by atoms with E-state index in [2.05, 4.69) is 11.6 Å². The molecule has 0 saturated heterocycles. The van der Waals surface area contributed by atoms with Gasteiger partial charge in [0.15, 0.2) is 0 Å². The van der Waals surface area contributed by atoms with E-state index in [0.717, 1.165) is 13.0 Å². The van der Waals surface area contributed by atoms with Gasteiger partial charge in [-0.1, -0.05) is 31.8 Å². The van der Waals surface area contributed by atoms with Crippen LogP contribution in [0.15, 0.2) is 17.6 Å². The van der Waals surface area contributed by atoms with Crippen molar-refractivity contribution in [2.24, 2.45) is 10.7 Å². The quantitative estimate of drug-likeness (QED) is 0.317. The highest BCUT2D eigenvalue weighted by Gasteiger charge is 1.89. The van der Waals surface area contributed by atoms with Crippen LogP contribution in [0.25, 0.3) is 0 Å². The Morgan fingerprint density at radius 1 is 0.933 bits per heavy atom. The van der Waals surface area contributed by atoms with Crippen molar-refractivity contribution in [2.45, 2.75) is 51.4 Å². The van der Waals surface area contributed by atoms with Crippen LogP contribution in [0.1, 0.15) is 51.4 Å². The number of unbranched alkanes of at least 4 members (excludes halogenated alkanes) is 7. The van der Waals surface area contributed by atoms with Crippen LogP contribution in [0.2, 0.25) is 0 Å². The van der Waals surface area contributed by atoms with Crippen molar-refractivity contribution >= 4 is 6.21 Å². The van der Waals surface area contributed by atoms with Crippen LogP contribution in [-0.4, -0.2) is 19.3 Å². The minimum Gasteiger partial charge on any atom is -0.329 e. The van der Waals surface area contributed by atoms with Crippen molar-refractivity contribution in [3.63, 3.8) is 0 Å². The average molecular weight is 210 g/mol. The number of allylic oxidation sites excluding steroid dienone is 1. The number of hydrogen-bond donors (Lipinski definition) is 1. The Morgan fingerprint density at radius 2 is 1.53 bits per heavy atom. The molecule has 0 radical (unpaired) electrons. The predicted molar refractivity (Wildman–Crippen MR) is 69.5 cm³/mol. The van der Waals surface area contributed by atoms with E-state index in [0.29, 0.717) is 6.54 Å². The summed E-state index contributed by atoms with van der Waals surface area (Å²) in [5.74, 6) is 0. The molecule has 0 aromatic carbocycles. The summed E-state index contributed by atoms with van der Waals surface area (Å²) >= 11 is 0. The highest BCUT2D eigenvalue weighted by molar-refractivity contribution is 5.56. The van der Waals surface area contributed by atoms with Gasteiger partial charge < -0.3 is 5.73 Å². The molecule has 2 heteroatoms. The summed E-state index contributed by atoms with van der Waals surface area (Å²) in [5.41, 5.74) is 5.33. The fourth-order valence-corrected chi connectivity index (χ4v) is 1.49. The second-order valence-corrected chi connectivity index (χ2v) is 3.86. The lowest BCUT2D eigenvalue weighted by atomic mass is 10.1. The largest absolute Gasteiger partial charge is 0.329 e. The second-order valence-electron chi connectivity index (χ2n) is 3.86. The molecule has 0 heterocycles. The summed E-state index contributed by atoms with van der Waals surface area (Å²) in [6.45, 7) is 5.17. The summed E-state index contributed by atoms with van der Waals surface area (Å²) in [6, 6.07) is 0. The molecule has 2 N–H and O–H groups in total. The normalized spacial score (nSPS) is 11.0. The number of nitrogens with zero attached hydrogens (tertiary/aromatic N) is 1. The maximum absolute atomic E-state index is 5.33. The van der Waals surface area contributed by atoms with E-state index >= 15 is 0 Å². The average Bonchev–Trinajstić information content (AvgIpc) is 2.26. The first kappa shape index (κ1) is 14.4. The Hall–Kier alpha value is -0.630. The third-order valence-corrected chi connectivity index (χ3v) is 2.38. The Kier molecular flexibility index (Phi) is 12.8. The van der Waals surface area contributed by atoms with Crippen LogP contribution in [0.3, 0.4) is 0 Å². The Morgan fingerprint density at radius 3 is 2.13 bits per heavy atom. The first-order chi connectivity index (χ1) is 7.41. The van der Waals surface area contributed by atoms with Crippen molar-refractivity contribution in [2.75, 3.05) is 13.1 Å². The van der Waals surface area contributed by atoms with Gasteiger partial charge in [0, 0.05) is 6.54 Å². The molecule has 0 unspecified atom stereocenters. The van der Waals surface area contributed by atoms with Gasteiger partial charge in [0.2, 0.25) is 0 Å². The number of rotatable bonds is 11. The molecular weight excluding hydrogens is 184 g/mol. The summed E-state index contributed by atoms with van der Waals surface area (Å²) in [6.07, 6.45) is 14.3. The zero-order valence-corrected chi connectivity index (χ0v) is 9.96. The minimum absolute atomic E-state index is 0.666. The Balaban J connectivity index is 2.95. The molecule has 2 nitrogen and oxygen atoms in total. The van der Waals surface area contributed by atoms with E-state index in [-0.39, 0.29) is 0 Å². The van der Waals surface area contributed by atoms with Gasteiger partial charge in [0.1, 0.15) is 0 Å². The van der Waals surface area contributed by atoms with Gasteiger partial charge in [-0.3, -0.25) is 4.99 Å². The SMILES string of the molecule is C=CCCCCCCCCC=NCCN. The van der Waals surface area contributed by atoms with E-state index in [4.69, 9.17) is 5.73 Å². The molecule has 15 heavy (non-hydrogen) atoms. The number of hydrogen-bond acceptors (Lipinski definition) is 2. The molecular formula is C13H26N2. The number of aliphatic imine (C=N–C) groups is 1. The lowest BCUT2D eigenvalue weighted by molar-refractivity contribution is 0.604. The topological polar surface area (TPSA) is 38.4 Å². The van der Waals surface area contributed by atoms with E-state index in [9.17, 15) is 0 Å². The molecule has 0 atom stereocenters. The summed E-state index contributed by atoms with van der Waals surface area (Å²) in [7, 11) is 0. The van der Waals surface area contributed by atoms with Gasteiger partial charge in [-0.25, -0.2) is 0 Å². The summed E-state index contributed by atoms with van der Waals surface area (Å²) in [5, 5.41) is 0. The Bertz CT molecular complexity index is 153.